The molecule has 1 unspecified atom stereocenters. The second-order valence-electron chi connectivity index (χ2n) is 8.13. The summed E-state index contributed by atoms with van der Waals surface area (Å²) in [7, 11) is 0. The highest BCUT2D eigenvalue weighted by molar-refractivity contribution is 6.06. The number of esters is 2. The first-order valence-electron chi connectivity index (χ1n) is 9.42. The lowest BCUT2D eigenvalue weighted by Crippen LogP contribution is -2.35. The molecule has 1 aliphatic rings. The lowest BCUT2D eigenvalue weighted by Gasteiger charge is -2.30. The maximum absolute atomic E-state index is 12.8. The summed E-state index contributed by atoms with van der Waals surface area (Å²) in [5, 5.41) is 21.0. The Morgan fingerprint density at radius 1 is 1.19 bits per heavy atom. The molecule has 0 amide bonds. The quantitative estimate of drug-likeness (QED) is 0.312. The fourth-order valence-electron chi connectivity index (χ4n) is 3.24. The van der Waals surface area contributed by atoms with Gasteiger partial charge in [-0.05, 0) is 40.2 Å². The fourth-order valence-corrected chi connectivity index (χ4v) is 3.24. The van der Waals surface area contributed by atoms with Crippen LogP contribution in [-0.4, -0.2) is 40.4 Å². The SMILES string of the molecule is CC1=NC(C)=C(C(=O)OCOC(=O)C(C)(C)C)[C@@H](c2cccc([N+](=O)[O-])c2)C1C(=O)O. The third kappa shape index (κ3) is 5.33. The van der Waals surface area contributed by atoms with Gasteiger partial charge in [-0.1, -0.05) is 12.1 Å². The van der Waals surface area contributed by atoms with Crippen LogP contribution >= 0.6 is 0 Å². The highest BCUT2D eigenvalue weighted by Gasteiger charge is 2.42. The highest BCUT2D eigenvalue weighted by Crippen LogP contribution is 2.40. The predicted octanol–water partition coefficient (Wildman–Crippen LogP) is 3.22. The van der Waals surface area contributed by atoms with Gasteiger partial charge in [-0.15, -0.1) is 0 Å². The lowest BCUT2D eigenvalue weighted by atomic mass is 9.75. The molecule has 1 aliphatic heterocycles. The van der Waals surface area contributed by atoms with Crippen LogP contribution in [0.1, 0.15) is 46.1 Å². The number of allylic oxidation sites excluding steroid dienone is 1. The Bertz CT molecular complexity index is 987. The van der Waals surface area contributed by atoms with Gasteiger partial charge in [0.1, 0.15) is 5.92 Å². The van der Waals surface area contributed by atoms with Gasteiger partial charge in [0, 0.05) is 29.5 Å². The first kappa shape index (κ1) is 23.7. The van der Waals surface area contributed by atoms with Crippen LogP contribution in [-0.2, 0) is 23.9 Å². The number of hydrogen-bond donors (Lipinski definition) is 1. The van der Waals surface area contributed by atoms with Crippen molar-refractivity contribution in [3.05, 3.63) is 51.2 Å². The Kier molecular flexibility index (Phi) is 6.94. The van der Waals surface area contributed by atoms with E-state index in [1.807, 2.05) is 0 Å². The van der Waals surface area contributed by atoms with E-state index in [0.29, 0.717) is 0 Å². The standard InChI is InChI=1S/C21H24N2O8/c1-11-15(18(24)25)17(13-7-6-8-14(9-13)23(28)29)16(12(2)22-11)19(26)30-10-31-20(27)21(3,4)5/h6-9,15,17H,10H2,1-5H3,(H,24,25)/t15?,17-/m0/s1. The number of nitro groups is 1. The minimum Gasteiger partial charge on any atom is -0.481 e. The summed E-state index contributed by atoms with van der Waals surface area (Å²) in [5.74, 6) is -5.04. The van der Waals surface area contributed by atoms with Crippen LogP contribution in [0, 0.1) is 21.4 Å². The molecule has 0 saturated heterocycles. The van der Waals surface area contributed by atoms with E-state index in [9.17, 15) is 29.6 Å². The van der Waals surface area contributed by atoms with Gasteiger partial charge < -0.3 is 14.6 Å². The molecule has 166 valence electrons. The fraction of sp³-hybridized carbons (Fsp3) is 0.429. The molecule has 0 bridgehead atoms. The topological polar surface area (TPSA) is 145 Å². The summed E-state index contributed by atoms with van der Waals surface area (Å²) < 4.78 is 10.0. The number of carboxylic acids is 1. The molecular formula is C21H24N2O8. The molecule has 1 N–H and O–H groups in total. The number of hydrogen-bond acceptors (Lipinski definition) is 8. The maximum Gasteiger partial charge on any atom is 0.339 e. The van der Waals surface area contributed by atoms with Crippen molar-refractivity contribution in [3.63, 3.8) is 0 Å². The van der Waals surface area contributed by atoms with E-state index in [1.54, 1.807) is 20.8 Å². The molecule has 2 rings (SSSR count). The van der Waals surface area contributed by atoms with E-state index < -0.39 is 46.9 Å². The predicted molar refractivity (Wildman–Crippen MR) is 109 cm³/mol. The van der Waals surface area contributed by atoms with Crippen molar-refractivity contribution in [1.82, 2.24) is 0 Å². The van der Waals surface area contributed by atoms with Crippen LogP contribution < -0.4 is 0 Å². The highest BCUT2D eigenvalue weighted by atomic mass is 16.7. The number of nitro benzene ring substituents is 1. The molecule has 10 heteroatoms. The second-order valence-corrected chi connectivity index (χ2v) is 8.13. The zero-order chi connectivity index (χ0) is 23.5. The van der Waals surface area contributed by atoms with Crippen LogP contribution in [0.3, 0.4) is 0 Å². The average Bonchev–Trinajstić information content (AvgIpc) is 2.66. The zero-order valence-electron chi connectivity index (χ0n) is 17.9. The van der Waals surface area contributed by atoms with E-state index in [4.69, 9.17) is 9.47 Å². The largest absolute Gasteiger partial charge is 0.481 e. The molecule has 0 aliphatic carbocycles. The molecule has 2 atom stereocenters. The molecule has 0 aromatic heterocycles. The van der Waals surface area contributed by atoms with Crippen molar-refractivity contribution < 1.29 is 33.9 Å². The molecule has 1 heterocycles. The number of carbonyl (C=O) groups is 3. The average molecular weight is 432 g/mol. The first-order valence-corrected chi connectivity index (χ1v) is 9.42. The van der Waals surface area contributed by atoms with E-state index in [2.05, 4.69) is 4.99 Å². The maximum atomic E-state index is 12.8. The molecule has 1 aromatic carbocycles. The molecule has 0 spiro atoms. The summed E-state index contributed by atoms with van der Waals surface area (Å²) >= 11 is 0. The molecule has 31 heavy (non-hydrogen) atoms. The first-order chi connectivity index (χ1) is 14.3. The Hall–Kier alpha value is -3.56. The summed E-state index contributed by atoms with van der Waals surface area (Å²) in [6.07, 6.45) is 0. The van der Waals surface area contributed by atoms with Crippen molar-refractivity contribution in [3.8, 4) is 0 Å². The van der Waals surface area contributed by atoms with Crippen LogP contribution in [0.4, 0.5) is 5.69 Å². The normalized spacial score (nSPS) is 18.8. The van der Waals surface area contributed by atoms with Gasteiger partial charge in [-0.3, -0.25) is 24.7 Å². The lowest BCUT2D eigenvalue weighted by molar-refractivity contribution is -0.384. The number of non-ortho nitro benzene ring substituents is 1. The third-order valence-electron chi connectivity index (χ3n) is 4.75. The minimum atomic E-state index is -1.24. The van der Waals surface area contributed by atoms with Crippen molar-refractivity contribution in [2.24, 2.45) is 16.3 Å². The Morgan fingerprint density at radius 2 is 1.84 bits per heavy atom. The number of ether oxygens (including phenoxy) is 2. The van der Waals surface area contributed by atoms with E-state index in [-0.39, 0.29) is 28.2 Å². The second kappa shape index (κ2) is 9.07. The summed E-state index contributed by atoms with van der Waals surface area (Å²) in [6, 6.07) is 5.41. The number of carboxylic acid groups (broad SMARTS) is 1. The van der Waals surface area contributed by atoms with Crippen LogP contribution in [0.5, 0.6) is 0 Å². The van der Waals surface area contributed by atoms with Gasteiger partial charge in [0.2, 0.25) is 6.79 Å². The van der Waals surface area contributed by atoms with Crippen molar-refractivity contribution in [2.75, 3.05) is 6.79 Å². The van der Waals surface area contributed by atoms with E-state index in [0.717, 1.165) is 0 Å². The number of nitrogens with zero attached hydrogens (tertiary/aromatic N) is 2. The molecule has 0 saturated carbocycles. The van der Waals surface area contributed by atoms with Gasteiger partial charge >= 0.3 is 17.9 Å². The van der Waals surface area contributed by atoms with Gasteiger partial charge in [0.05, 0.1) is 15.9 Å². The van der Waals surface area contributed by atoms with Crippen LogP contribution in [0.25, 0.3) is 0 Å². The smallest absolute Gasteiger partial charge is 0.339 e. The Morgan fingerprint density at radius 3 is 2.39 bits per heavy atom. The van der Waals surface area contributed by atoms with Gasteiger partial charge in [-0.25, -0.2) is 4.79 Å². The summed E-state index contributed by atoms with van der Waals surface area (Å²) in [5.41, 5.74) is -0.380. The van der Waals surface area contributed by atoms with Crippen molar-refractivity contribution in [2.45, 2.75) is 40.5 Å². The molecule has 10 nitrogen and oxygen atoms in total. The molecular weight excluding hydrogens is 408 g/mol. The Labute approximate surface area is 178 Å². The molecule has 0 fully saturated rings. The monoisotopic (exact) mass is 432 g/mol. The number of carbonyl (C=O) groups excluding carboxylic acids is 2. The number of aliphatic imine (C=N–C) groups is 1. The molecule has 0 radical (unpaired) electrons. The van der Waals surface area contributed by atoms with Crippen molar-refractivity contribution in [1.29, 1.82) is 0 Å². The molecule has 1 aromatic rings. The van der Waals surface area contributed by atoms with Crippen molar-refractivity contribution >= 4 is 29.3 Å². The van der Waals surface area contributed by atoms with E-state index in [1.165, 1.54) is 38.1 Å². The zero-order valence-corrected chi connectivity index (χ0v) is 17.9. The van der Waals surface area contributed by atoms with Crippen LogP contribution in [0.15, 0.2) is 40.5 Å². The van der Waals surface area contributed by atoms with Gasteiger partial charge in [0.25, 0.3) is 5.69 Å². The number of aliphatic carboxylic acids is 1. The third-order valence-corrected chi connectivity index (χ3v) is 4.75. The summed E-state index contributed by atoms with van der Waals surface area (Å²) in [6.45, 7) is 7.28. The van der Waals surface area contributed by atoms with Crippen LogP contribution in [0.2, 0.25) is 0 Å². The van der Waals surface area contributed by atoms with E-state index >= 15 is 0 Å². The Balaban J connectivity index is 2.43. The minimum absolute atomic E-state index is 0.0645. The van der Waals surface area contributed by atoms with Gasteiger partial charge in [-0.2, -0.15) is 0 Å². The number of benzene rings is 1. The summed E-state index contributed by atoms with van der Waals surface area (Å²) in [4.78, 5) is 51.5. The van der Waals surface area contributed by atoms with Gasteiger partial charge in [0.15, 0.2) is 0 Å². The number of rotatable bonds is 6.